The molecule has 0 spiro atoms. The van der Waals surface area contributed by atoms with Crippen LogP contribution in [0.4, 0.5) is 0 Å². The molecule has 0 fully saturated rings. The van der Waals surface area contributed by atoms with Crippen LogP contribution < -0.4 is 5.73 Å². The molecule has 1 aromatic carbocycles. The molecule has 0 atom stereocenters. The molecule has 14 heavy (non-hydrogen) atoms. The number of aromatic nitrogens is 2. The van der Waals surface area contributed by atoms with Crippen molar-refractivity contribution in [2.75, 3.05) is 6.54 Å². The molecule has 2 aromatic rings. The number of H-pyrrole nitrogens is 1. The van der Waals surface area contributed by atoms with Gasteiger partial charge in [0.1, 0.15) is 11.3 Å². The van der Waals surface area contributed by atoms with Gasteiger partial charge in [-0.15, -0.1) is 0 Å². The highest BCUT2D eigenvalue weighted by molar-refractivity contribution is 6.35. The number of halogens is 1. The Morgan fingerprint density at radius 1 is 1.50 bits per heavy atom. The lowest BCUT2D eigenvalue weighted by Crippen LogP contribution is -2.03. The first kappa shape index (κ1) is 9.49. The Morgan fingerprint density at radius 3 is 3.00 bits per heavy atom. The van der Waals surface area contributed by atoms with Gasteiger partial charge in [0, 0.05) is 6.42 Å². The lowest BCUT2D eigenvalue weighted by Gasteiger charge is -1.95. The number of fused-ring (bicyclic) bond motifs is 1. The molecule has 1 aromatic heterocycles. The molecule has 0 aliphatic rings. The van der Waals surface area contributed by atoms with Crippen LogP contribution in [0.25, 0.3) is 11.0 Å². The third-order valence-electron chi connectivity index (χ3n) is 2.22. The second-order valence-corrected chi connectivity index (χ2v) is 3.69. The van der Waals surface area contributed by atoms with Crippen LogP contribution in [0.3, 0.4) is 0 Å². The molecule has 0 saturated carbocycles. The van der Waals surface area contributed by atoms with Crippen molar-refractivity contribution in [3.05, 3.63) is 28.5 Å². The number of rotatable bonds is 2. The summed E-state index contributed by atoms with van der Waals surface area (Å²) in [5, 5.41) is 0.724. The Balaban J connectivity index is 2.59. The molecule has 0 aliphatic heterocycles. The first-order chi connectivity index (χ1) is 6.72. The van der Waals surface area contributed by atoms with Gasteiger partial charge in [-0.3, -0.25) is 0 Å². The van der Waals surface area contributed by atoms with Crippen molar-refractivity contribution in [3.8, 4) is 0 Å². The molecular formula is C10H12ClN3. The number of nitrogens with zero attached hydrogens (tertiary/aromatic N) is 1. The molecule has 0 unspecified atom stereocenters. The van der Waals surface area contributed by atoms with Crippen LogP contribution in [-0.4, -0.2) is 16.5 Å². The van der Waals surface area contributed by atoms with Crippen molar-refractivity contribution < 1.29 is 0 Å². The second-order valence-electron chi connectivity index (χ2n) is 3.31. The van der Waals surface area contributed by atoms with Crippen molar-refractivity contribution in [1.29, 1.82) is 0 Å². The van der Waals surface area contributed by atoms with Crippen molar-refractivity contribution in [3.63, 3.8) is 0 Å². The van der Waals surface area contributed by atoms with Gasteiger partial charge in [0.15, 0.2) is 0 Å². The zero-order valence-corrected chi connectivity index (χ0v) is 8.73. The average molecular weight is 210 g/mol. The third kappa shape index (κ3) is 1.49. The summed E-state index contributed by atoms with van der Waals surface area (Å²) >= 11 is 6.13. The predicted octanol–water partition coefficient (Wildman–Crippen LogP) is 2.03. The first-order valence-corrected chi connectivity index (χ1v) is 4.94. The minimum absolute atomic E-state index is 0.594. The zero-order chi connectivity index (χ0) is 10.1. The maximum Gasteiger partial charge on any atom is 0.108 e. The fraction of sp³-hybridized carbons (Fsp3) is 0.300. The maximum absolute atomic E-state index is 6.13. The average Bonchev–Trinajstić information content (AvgIpc) is 2.56. The predicted molar refractivity (Wildman–Crippen MR) is 58.6 cm³/mol. The summed E-state index contributed by atoms with van der Waals surface area (Å²) in [5.41, 5.74) is 8.32. The van der Waals surface area contributed by atoms with Crippen LogP contribution in [0, 0.1) is 6.92 Å². The molecule has 0 bridgehead atoms. The number of aryl methyl sites for hydroxylation is 1. The summed E-state index contributed by atoms with van der Waals surface area (Å²) in [6, 6.07) is 3.97. The smallest absolute Gasteiger partial charge is 0.108 e. The Bertz CT molecular complexity index is 462. The largest absolute Gasteiger partial charge is 0.342 e. The van der Waals surface area contributed by atoms with E-state index in [0.29, 0.717) is 6.54 Å². The summed E-state index contributed by atoms with van der Waals surface area (Å²) in [4.78, 5) is 7.58. The molecule has 2 rings (SSSR count). The second kappa shape index (κ2) is 3.59. The van der Waals surface area contributed by atoms with Crippen LogP contribution in [0.5, 0.6) is 0 Å². The summed E-state index contributed by atoms with van der Waals surface area (Å²) < 4.78 is 0. The normalized spacial score (nSPS) is 11.1. The Kier molecular flexibility index (Phi) is 2.44. The molecule has 0 radical (unpaired) electrons. The first-order valence-electron chi connectivity index (χ1n) is 4.56. The summed E-state index contributed by atoms with van der Waals surface area (Å²) in [5.74, 6) is 0.898. The molecule has 1 heterocycles. The van der Waals surface area contributed by atoms with Gasteiger partial charge < -0.3 is 10.7 Å². The van der Waals surface area contributed by atoms with Crippen LogP contribution in [0.1, 0.15) is 11.4 Å². The Morgan fingerprint density at radius 2 is 2.29 bits per heavy atom. The number of hydrogen-bond acceptors (Lipinski definition) is 2. The van der Waals surface area contributed by atoms with Gasteiger partial charge in [0.2, 0.25) is 0 Å². The van der Waals surface area contributed by atoms with Gasteiger partial charge in [-0.25, -0.2) is 4.98 Å². The topological polar surface area (TPSA) is 54.7 Å². The SMILES string of the molecule is Cc1ccc2[nH]c(CCN)nc2c1Cl. The molecule has 4 heteroatoms. The van der Waals surface area contributed by atoms with Gasteiger partial charge >= 0.3 is 0 Å². The highest BCUT2D eigenvalue weighted by atomic mass is 35.5. The van der Waals surface area contributed by atoms with Gasteiger partial charge in [0.25, 0.3) is 0 Å². The maximum atomic E-state index is 6.13. The van der Waals surface area contributed by atoms with Gasteiger partial charge in [0.05, 0.1) is 10.5 Å². The number of aromatic amines is 1. The monoisotopic (exact) mass is 209 g/mol. The quantitative estimate of drug-likeness (QED) is 0.795. The summed E-state index contributed by atoms with van der Waals surface area (Å²) in [7, 11) is 0. The molecule has 3 N–H and O–H groups in total. The number of hydrogen-bond donors (Lipinski definition) is 2. The van der Waals surface area contributed by atoms with Gasteiger partial charge in [-0.2, -0.15) is 0 Å². The Labute approximate surface area is 87.3 Å². The van der Waals surface area contributed by atoms with E-state index in [1.165, 1.54) is 0 Å². The molecule has 3 nitrogen and oxygen atoms in total. The molecule has 0 aliphatic carbocycles. The van der Waals surface area contributed by atoms with Crippen LogP contribution in [-0.2, 0) is 6.42 Å². The number of nitrogens with two attached hydrogens (primary N) is 1. The number of benzene rings is 1. The van der Waals surface area contributed by atoms with Crippen LogP contribution >= 0.6 is 11.6 Å². The van der Waals surface area contributed by atoms with E-state index in [2.05, 4.69) is 9.97 Å². The molecule has 0 amide bonds. The summed E-state index contributed by atoms with van der Waals surface area (Å²) in [6.45, 7) is 2.56. The lowest BCUT2D eigenvalue weighted by molar-refractivity contribution is 0.900. The van der Waals surface area contributed by atoms with Crippen LogP contribution in [0.2, 0.25) is 5.02 Å². The van der Waals surface area contributed by atoms with Crippen molar-refractivity contribution in [2.24, 2.45) is 5.73 Å². The fourth-order valence-electron chi connectivity index (χ4n) is 1.45. The van der Waals surface area contributed by atoms with Gasteiger partial charge in [-0.1, -0.05) is 17.7 Å². The van der Waals surface area contributed by atoms with Crippen LogP contribution in [0.15, 0.2) is 12.1 Å². The highest BCUT2D eigenvalue weighted by Gasteiger charge is 2.07. The van der Waals surface area contributed by atoms with Crippen molar-refractivity contribution >= 4 is 22.6 Å². The van der Waals surface area contributed by atoms with Crippen molar-refractivity contribution in [2.45, 2.75) is 13.3 Å². The molecule has 74 valence electrons. The van der Waals surface area contributed by atoms with E-state index in [4.69, 9.17) is 17.3 Å². The standard InChI is InChI=1S/C10H12ClN3/c1-6-2-3-7-10(9(6)11)14-8(13-7)4-5-12/h2-3H,4-5,12H2,1H3,(H,13,14). The Hall–Kier alpha value is -1.06. The van der Waals surface area contributed by atoms with E-state index in [-0.39, 0.29) is 0 Å². The van der Waals surface area contributed by atoms with E-state index >= 15 is 0 Å². The van der Waals surface area contributed by atoms with E-state index in [0.717, 1.165) is 33.9 Å². The van der Waals surface area contributed by atoms with E-state index < -0.39 is 0 Å². The fourth-order valence-corrected chi connectivity index (χ4v) is 1.66. The lowest BCUT2D eigenvalue weighted by atomic mass is 10.2. The number of nitrogens with one attached hydrogen (secondary N) is 1. The summed E-state index contributed by atoms with van der Waals surface area (Å²) in [6.07, 6.45) is 0.754. The molecular weight excluding hydrogens is 198 g/mol. The zero-order valence-electron chi connectivity index (χ0n) is 7.97. The van der Waals surface area contributed by atoms with Gasteiger partial charge in [-0.05, 0) is 25.1 Å². The minimum atomic E-state index is 0.594. The molecule has 0 saturated heterocycles. The third-order valence-corrected chi connectivity index (χ3v) is 2.69. The van der Waals surface area contributed by atoms with E-state index in [1.54, 1.807) is 0 Å². The highest BCUT2D eigenvalue weighted by Crippen LogP contribution is 2.24. The number of imidazole rings is 1. The van der Waals surface area contributed by atoms with Crippen molar-refractivity contribution in [1.82, 2.24) is 9.97 Å². The van der Waals surface area contributed by atoms with E-state index in [9.17, 15) is 0 Å². The minimum Gasteiger partial charge on any atom is -0.342 e. The van der Waals surface area contributed by atoms with E-state index in [1.807, 2.05) is 19.1 Å².